The van der Waals surface area contributed by atoms with Crippen LogP contribution in [0.3, 0.4) is 0 Å². The molecular formula is C16H27O7PSi2. The summed E-state index contributed by atoms with van der Waals surface area (Å²) >= 11 is 0. The van der Waals surface area contributed by atoms with Gasteiger partial charge in [0.1, 0.15) is 11.3 Å². The molecule has 0 amide bonds. The molecule has 1 aromatic carbocycles. The minimum absolute atomic E-state index is 0.0221. The summed E-state index contributed by atoms with van der Waals surface area (Å²) in [6.07, 6.45) is -1.16. The van der Waals surface area contributed by atoms with Crippen LogP contribution in [0.5, 0.6) is 5.75 Å². The van der Waals surface area contributed by atoms with Crippen molar-refractivity contribution in [3.05, 3.63) is 29.8 Å². The molecule has 1 atom stereocenters. The predicted molar refractivity (Wildman–Crippen MR) is 105 cm³/mol. The smallest absolute Gasteiger partial charge is 0.462 e. The predicted octanol–water partition coefficient (Wildman–Crippen LogP) is 5.26. The summed E-state index contributed by atoms with van der Waals surface area (Å²) in [7, 11) is -8.39. The number of carbonyl (C=O) groups excluding carboxylic acids is 2. The zero-order valence-corrected chi connectivity index (χ0v) is 19.2. The Balaban J connectivity index is 3.04. The van der Waals surface area contributed by atoms with E-state index in [9.17, 15) is 14.2 Å². The monoisotopic (exact) mass is 418 g/mol. The first-order valence-corrected chi connectivity index (χ1v) is 17.6. The van der Waals surface area contributed by atoms with E-state index < -0.39 is 35.3 Å². The minimum Gasteiger partial charge on any atom is -0.462 e. The Bertz CT molecular complexity index is 707. The molecule has 0 aromatic heterocycles. The molecule has 0 radical (unpaired) electrons. The number of ether oxygens (including phenoxy) is 2. The number of rotatable bonds is 7. The molecule has 0 saturated heterocycles. The first-order chi connectivity index (χ1) is 11.8. The second-order valence-electron chi connectivity index (χ2n) is 7.53. The molecule has 0 N–H and O–H groups in total. The molecule has 0 spiro atoms. The molecule has 0 heterocycles. The second kappa shape index (κ2) is 8.52. The summed E-state index contributed by atoms with van der Waals surface area (Å²) in [5.74, 6) is -0.645. The zero-order chi connectivity index (χ0) is 20.2. The summed E-state index contributed by atoms with van der Waals surface area (Å²) in [5, 5.41) is 0. The molecule has 1 unspecified atom stereocenters. The fraction of sp³-hybridized carbons (Fsp3) is 0.500. The van der Waals surface area contributed by atoms with Crippen molar-refractivity contribution >= 4 is 35.3 Å². The van der Waals surface area contributed by atoms with Gasteiger partial charge >= 0.3 is 19.3 Å². The quantitative estimate of drug-likeness (QED) is 0.258. The molecule has 0 fully saturated rings. The lowest BCUT2D eigenvalue weighted by atomic mass is 10.2. The van der Waals surface area contributed by atoms with Gasteiger partial charge < -0.3 is 18.2 Å². The van der Waals surface area contributed by atoms with Gasteiger partial charge in [-0.3, -0.25) is 4.57 Å². The lowest BCUT2D eigenvalue weighted by Crippen LogP contribution is -2.34. The minimum atomic E-state index is -3.66. The molecule has 146 valence electrons. The summed E-state index contributed by atoms with van der Waals surface area (Å²) in [6.45, 7) is 12.9. The van der Waals surface area contributed by atoms with Crippen molar-refractivity contribution in [2.45, 2.75) is 46.2 Å². The van der Waals surface area contributed by atoms with E-state index in [0.29, 0.717) is 0 Å². The maximum Gasteiger partial charge on any atom is 0.520 e. The van der Waals surface area contributed by atoms with Crippen LogP contribution < -0.4 is 4.74 Å². The summed E-state index contributed by atoms with van der Waals surface area (Å²) in [6, 6.07) is 6.12. The van der Waals surface area contributed by atoms with Crippen LogP contribution in [0.25, 0.3) is 0 Å². The first kappa shape index (κ1) is 22.6. The molecule has 0 aliphatic heterocycles. The second-order valence-corrected chi connectivity index (χ2v) is 23.7. The normalized spacial score (nSPS) is 14.3. The first-order valence-electron chi connectivity index (χ1n) is 8.27. The third kappa shape index (κ3) is 6.39. The highest BCUT2D eigenvalue weighted by Gasteiger charge is 2.47. The molecule has 1 aromatic rings. The van der Waals surface area contributed by atoms with E-state index in [-0.39, 0.29) is 17.9 Å². The Labute approximate surface area is 156 Å². The summed E-state index contributed by atoms with van der Waals surface area (Å²) in [5.41, 5.74) is 0.0836. The van der Waals surface area contributed by atoms with Gasteiger partial charge in [0, 0.05) is 0 Å². The van der Waals surface area contributed by atoms with Gasteiger partial charge in [-0.05, 0) is 38.7 Å². The van der Waals surface area contributed by atoms with Crippen molar-refractivity contribution in [3.8, 4) is 5.75 Å². The average Bonchev–Trinajstić information content (AvgIpc) is 2.44. The number of carbonyl (C=O) groups is 2. The number of benzene rings is 1. The van der Waals surface area contributed by atoms with Crippen LogP contribution in [-0.4, -0.2) is 34.8 Å². The molecule has 1 rings (SSSR count). The molecule has 0 saturated carbocycles. The highest BCUT2D eigenvalue weighted by molar-refractivity contribution is 7.93. The Morgan fingerprint density at radius 2 is 1.62 bits per heavy atom. The molecule has 0 bridgehead atoms. The third-order valence-electron chi connectivity index (χ3n) is 2.99. The fourth-order valence-electron chi connectivity index (χ4n) is 1.79. The van der Waals surface area contributed by atoms with Crippen molar-refractivity contribution in [2.75, 3.05) is 6.61 Å². The molecule has 26 heavy (non-hydrogen) atoms. The Hall–Kier alpha value is -1.42. The van der Waals surface area contributed by atoms with E-state index in [1.807, 2.05) is 19.6 Å². The van der Waals surface area contributed by atoms with Gasteiger partial charge in [0.25, 0.3) is 0 Å². The van der Waals surface area contributed by atoms with Crippen molar-refractivity contribution in [1.29, 1.82) is 0 Å². The van der Waals surface area contributed by atoms with E-state index in [1.165, 1.54) is 12.1 Å². The van der Waals surface area contributed by atoms with E-state index in [2.05, 4.69) is 0 Å². The molecule has 0 aliphatic rings. The average molecular weight is 419 g/mol. The van der Waals surface area contributed by atoms with Gasteiger partial charge in [0.2, 0.25) is 0 Å². The van der Waals surface area contributed by atoms with E-state index >= 15 is 0 Å². The molecule has 0 aliphatic carbocycles. The van der Waals surface area contributed by atoms with Crippen LogP contribution in [-0.2, 0) is 18.0 Å². The largest absolute Gasteiger partial charge is 0.520 e. The highest BCUT2D eigenvalue weighted by atomic mass is 31.4. The standard InChI is InChI=1S/C16H27O7PSi2/c1-8-20-15(17)13-11-9-10-12-14(13)21-16(18)22-24(19,26(5,6)7)23-25(2,3)4/h9-12H,8H2,1-7H3. The topological polar surface area (TPSA) is 88.1 Å². The summed E-state index contributed by atoms with van der Waals surface area (Å²) < 4.78 is 34.3. The van der Waals surface area contributed by atoms with Gasteiger partial charge in [-0.15, -0.1) is 0 Å². The van der Waals surface area contributed by atoms with Gasteiger partial charge in [0.05, 0.1) is 6.61 Å². The number of hydrogen-bond donors (Lipinski definition) is 0. The van der Waals surface area contributed by atoms with E-state index in [1.54, 1.807) is 38.7 Å². The lowest BCUT2D eigenvalue weighted by Gasteiger charge is -2.32. The maximum absolute atomic E-state index is 13.2. The fourth-order valence-corrected chi connectivity index (χ4v) is 12.4. The van der Waals surface area contributed by atoms with Gasteiger partial charge in [-0.1, -0.05) is 31.8 Å². The zero-order valence-electron chi connectivity index (χ0n) is 16.3. The van der Waals surface area contributed by atoms with E-state index in [4.69, 9.17) is 18.2 Å². The van der Waals surface area contributed by atoms with Crippen LogP contribution in [0.4, 0.5) is 4.79 Å². The lowest BCUT2D eigenvalue weighted by molar-refractivity contribution is 0.0523. The Morgan fingerprint density at radius 3 is 2.12 bits per heavy atom. The van der Waals surface area contributed by atoms with Crippen molar-refractivity contribution in [2.24, 2.45) is 0 Å². The van der Waals surface area contributed by atoms with E-state index in [0.717, 1.165) is 0 Å². The van der Waals surface area contributed by atoms with Crippen molar-refractivity contribution in [3.63, 3.8) is 0 Å². The third-order valence-corrected chi connectivity index (χ3v) is 14.2. The van der Waals surface area contributed by atoms with Crippen LogP contribution in [0, 0.1) is 0 Å². The van der Waals surface area contributed by atoms with Crippen molar-refractivity contribution < 1.29 is 32.4 Å². The Morgan fingerprint density at radius 1 is 1.04 bits per heavy atom. The summed E-state index contributed by atoms with van der Waals surface area (Å²) in [4.78, 5) is 24.2. The molecule has 7 nitrogen and oxygen atoms in total. The van der Waals surface area contributed by atoms with Crippen molar-refractivity contribution in [1.82, 2.24) is 0 Å². The Kier molecular flexibility index (Phi) is 7.41. The number of esters is 1. The maximum atomic E-state index is 13.2. The van der Waals surface area contributed by atoms with Gasteiger partial charge in [-0.2, -0.15) is 0 Å². The SMILES string of the molecule is CCOC(=O)c1ccccc1OC(=O)OP(=O)(O[Si](C)(C)C)[Si](C)(C)C. The van der Waals surface area contributed by atoms with Crippen LogP contribution in [0.1, 0.15) is 17.3 Å². The van der Waals surface area contributed by atoms with Gasteiger partial charge in [0.15, 0.2) is 16.1 Å². The number of hydrogen-bond acceptors (Lipinski definition) is 7. The highest BCUT2D eigenvalue weighted by Crippen LogP contribution is 2.59. The molecular weight excluding hydrogens is 391 g/mol. The van der Waals surface area contributed by atoms with Crippen LogP contribution in [0.2, 0.25) is 39.3 Å². The van der Waals surface area contributed by atoms with Gasteiger partial charge in [-0.25, -0.2) is 9.59 Å². The number of para-hydroxylation sites is 1. The van der Waals surface area contributed by atoms with Crippen LogP contribution in [0.15, 0.2) is 24.3 Å². The van der Waals surface area contributed by atoms with Crippen LogP contribution >= 0.6 is 7.14 Å². The molecule has 10 heteroatoms.